The van der Waals surface area contributed by atoms with E-state index in [1.807, 2.05) is 0 Å². The van der Waals surface area contributed by atoms with Gasteiger partial charge >= 0.3 is 0 Å². The first-order valence-corrected chi connectivity index (χ1v) is 11.7. The van der Waals surface area contributed by atoms with Crippen molar-refractivity contribution in [2.45, 2.75) is 58.3 Å². The quantitative estimate of drug-likeness (QED) is 0.308. The maximum absolute atomic E-state index is 15.2. The molecule has 0 spiro atoms. The van der Waals surface area contributed by atoms with E-state index in [1.165, 1.54) is 18.2 Å². The van der Waals surface area contributed by atoms with Gasteiger partial charge in [-0.25, -0.2) is 13.2 Å². The molecular formula is C27H30F4O. The second kappa shape index (κ2) is 9.68. The zero-order chi connectivity index (χ0) is 22.8. The molecule has 2 aliphatic rings. The van der Waals surface area contributed by atoms with Crippen LogP contribution in [0.4, 0.5) is 17.6 Å². The molecule has 0 N–H and O–H groups in total. The lowest BCUT2D eigenvalue weighted by atomic mass is 9.84. The van der Waals surface area contributed by atoms with Gasteiger partial charge in [0.25, 0.3) is 0 Å². The largest absolute Gasteiger partial charge is 0.491 e. The first-order valence-electron chi connectivity index (χ1n) is 11.7. The van der Waals surface area contributed by atoms with Gasteiger partial charge in [0.1, 0.15) is 0 Å². The lowest BCUT2D eigenvalue weighted by molar-refractivity contribution is 0.314. The summed E-state index contributed by atoms with van der Waals surface area (Å²) in [7, 11) is 0. The Morgan fingerprint density at radius 2 is 1.50 bits per heavy atom. The maximum atomic E-state index is 15.2. The van der Waals surface area contributed by atoms with Crippen LogP contribution >= 0.6 is 0 Å². The third-order valence-corrected chi connectivity index (χ3v) is 7.25. The van der Waals surface area contributed by atoms with Crippen LogP contribution in [0.2, 0.25) is 0 Å². The van der Waals surface area contributed by atoms with Crippen LogP contribution in [-0.4, -0.2) is 6.61 Å². The predicted octanol–water partition coefficient (Wildman–Crippen LogP) is 8.18. The van der Waals surface area contributed by atoms with E-state index >= 15 is 8.78 Å². The van der Waals surface area contributed by atoms with Gasteiger partial charge in [0.2, 0.25) is 5.82 Å². The lowest BCUT2D eigenvalue weighted by Gasteiger charge is -2.21. The monoisotopic (exact) mass is 446 g/mol. The number of hydrogen-bond acceptors (Lipinski definition) is 1. The molecule has 0 amide bonds. The fourth-order valence-corrected chi connectivity index (χ4v) is 5.77. The van der Waals surface area contributed by atoms with Crippen LogP contribution in [0.15, 0.2) is 36.4 Å². The Labute approximate surface area is 187 Å². The Bertz CT molecular complexity index is 1000. The van der Waals surface area contributed by atoms with Crippen molar-refractivity contribution in [1.82, 2.24) is 0 Å². The molecule has 2 fully saturated rings. The molecule has 0 heterocycles. The van der Waals surface area contributed by atoms with E-state index in [0.29, 0.717) is 23.3 Å². The van der Waals surface area contributed by atoms with Crippen LogP contribution in [0.25, 0.3) is 11.1 Å². The zero-order valence-corrected chi connectivity index (χ0v) is 18.6. The van der Waals surface area contributed by atoms with Crippen LogP contribution in [0.1, 0.15) is 63.9 Å². The number of hydrogen-bond donors (Lipinski definition) is 0. The van der Waals surface area contributed by atoms with Gasteiger partial charge in [-0.3, -0.25) is 0 Å². The highest BCUT2D eigenvalue weighted by atomic mass is 19.2. The molecule has 0 bridgehead atoms. The normalized spacial score (nSPS) is 24.9. The minimum absolute atomic E-state index is 0.0324. The molecule has 4 unspecified atom stereocenters. The molecular weight excluding hydrogens is 416 g/mol. The van der Waals surface area contributed by atoms with E-state index in [2.05, 4.69) is 19.1 Å². The molecule has 4 atom stereocenters. The van der Waals surface area contributed by atoms with Crippen molar-refractivity contribution in [3.05, 3.63) is 65.2 Å². The Kier molecular flexibility index (Phi) is 6.92. The molecule has 0 saturated heterocycles. The van der Waals surface area contributed by atoms with Crippen LogP contribution < -0.4 is 4.74 Å². The number of halogens is 4. The third-order valence-electron chi connectivity index (χ3n) is 7.25. The van der Waals surface area contributed by atoms with Gasteiger partial charge in [-0.15, -0.1) is 0 Å². The molecule has 32 heavy (non-hydrogen) atoms. The van der Waals surface area contributed by atoms with Gasteiger partial charge in [-0.1, -0.05) is 37.6 Å². The molecule has 0 radical (unpaired) electrons. The van der Waals surface area contributed by atoms with Gasteiger partial charge in [0, 0.05) is 11.1 Å². The molecule has 0 aromatic heterocycles. The maximum Gasteiger partial charge on any atom is 0.201 e. The molecule has 2 aliphatic carbocycles. The molecule has 2 aromatic rings. The zero-order valence-electron chi connectivity index (χ0n) is 18.6. The smallest absolute Gasteiger partial charge is 0.201 e. The number of allylic oxidation sites excluding steroid dienone is 2. The predicted molar refractivity (Wildman–Crippen MR) is 119 cm³/mol. The number of ether oxygens (including phenoxy) is 1. The summed E-state index contributed by atoms with van der Waals surface area (Å²) >= 11 is 0. The summed E-state index contributed by atoms with van der Waals surface area (Å²) in [5, 5.41) is 0. The number of rotatable bonds is 7. The topological polar surface area (TPSA) is 9.23 Å². The Morgan fingerprint density at radius 3 is 2.22 bits per heavy atom. The highest BCUT2D eigenvalue weighted by molar-refractivity contribution is 5.67. The first-order chi connectivity index (χ1) is 15.5. The van der Waals surface area contributed by atoms with Crippen molar-refractivity contribution in [3.8, 4) is 16.9 Å². The summed E-state index contributed by atoms with van der Waals surface area (Å²) in [6.07, 6.45) is 10.7. The van der Waals surface area contributed by atoms with E-state index in [9.17, 15) is 8.78 Å². The van der Waals surface area contributed by atoms with Crippen molar-refractivity contribution in [2.24, 2.45) is 17.8 Å². The van der Waals surface area contributed by atoms with Gasteiger partial charge in [0.05, 0.1) is 6.61 Å². The van der Waals surface area contributed by atoms with E-state index < -0.39 is 23.3 Å². The molecule has 5 heteroatoms. The van der Waals surface area contributed by atoms with Gasteiger partial charge < -0.3 is 4.74 Å². The second-order valence-corrected chi connectivity index (χ2v) is 8.97. The van der Waals surface area contributed by atoms with E-state index in [4.69, 9.17) is 4.74 Å². The molecule has 1 nitrogen and oxygen atoms in total. The molecule has 4 rings (SSSR count). The average molecular weight is 447 g/mol. The van der Waals surface area contributed by atoms with Crippen molar-refractivity contribution in [2.75, 3.05) is 6.61 Å². The molecule has 2 aromatic carbocycles. The highest BCUT2D eigenvalue weighted by Gasteiger charge is 2.45. The van der Waals surface area contributed by atoms with Crippen LogP contribution in [0, 0.1) is 41.0 Å². The minimum Gasteiger partial charge on any atom is -0.491 e. The van der Waals surface area contributed by atoms with Crippen LogP contribution in [0.3, 0.4) is 0 Å². The Balaban J connectivity index is 1.60. The van der Waals surface area contributed by atoms with Gasteiger partial charge in [0.15, 0.2) is 23.2 Å². The molecule has 172 valence electrons. The minimum atomic E-state index is -1.24. The van der Waals surface area contributed by atoms with Crippen LogP contribution in [0.5, 0.6) is 5.75 Å². The van der Waals surface area contributed by atoms with Crippen molar-refractivity contribution in [1.29, 1.82) is 0 Å². The number of fused-ring (bicyclic) bond motifs is 1. The average Bonchev–Trinajstić information content (AvgIpc) is 3.37. The first kappa shape index (κ1) is 22.9. The Morgan fingerprint density at radius 1 is 0.812 bits per heavy atom. The summed E-state index contributed by atoms with van der Waals surface area (Å²) in [5.74, 6) is -3.40. The van der Waals surface area contributed by atoms with Crippen molar-refractivity contribution >= 4 is 0 Å². The molecule has 0 aliphatic heterocycles. The van der Waals surface area contributed by atoms with Gasteiger partial charge in [-0.05, 0) is 80.4 Å². The van der Waals surface area contributed by atoms with E-state index in [-0.39, 0.29) is 29.4 Å². The standard InChI is InChI=1S/C27H30F4O/c1-3-5-6-7-16-8-9-18-17(16)10-11-19(18)20-12-13-21(25(29)24(20)28)22-14-15-23(32-4-2)27(31)26(22)30/h6-7,12-19H,3-5,8-11H2,1-2H3/b7-6+. The van der Waals surface area contributed by atoms with Gasteiger partial charge in [-0.2, -0.15) is 4.39 Å². The third kappa shape index (κ3) is 4.06. The fraction of sp³-hybridized carbons (Fsp3) is 0.481. The summed E-state index contributed by atoms with van der Waals surface area (Å²) in [5.41, 5.74) is -0.212. The summed E-state index contributed by atoms with van der Waals surface area (Å²) in [6, 6.07) is 5.42. The highest BCUT2D eigenvalue weighted by Crippen LogP contribution is 2.55. The summed E-state index contributed by atoms with van der Waals surface area (Å²) < 4.78 is 64.2. The SMILES string of the molecule is CCC/C=C/C1CCC2C(c3ccc(-c4ccc(OCC)c(F)c4F)c(F)c3F)CCC12. The second-order valence-electron chi connectivity index (χ2n) is 8.97. The fourth-order valence-electron chi connectivity index (χ4n) is 5.77. The Hall–Kier alpha value is -2.30. The van der Waals surface area contributed by atoms with E-state index in [1.54, 1.807) is 13.0 Å². The number of benzene rings is 2. The lowest BCUT2D eigenvalue weighted by Crippen LogP contribution is -2.13. The number of unbranched alkanes of at least 4 members (excludes halogenated alkanes) is 1. The van der Waals surface area contributed by atoms with E-state index in [0.717, 1.165) is 38.5 Å². The van der Waals surface area contributed by atoms with Crippen LogP contribution in [-0.2, 0) is 0 Å². The summed E-state index contributed by atoms with van der Waals surface area (Å²) in [4.78, 5) is 0. The summed E-state index contributed by atoms with van der Waals surface area (Å²) in [6.45, 7) is 3.98. The van der Waals surface area contributed by atoms with Crippen molar-refractivity contribution < 1.29 is 22.3 Å². The molecule has 2 saturated carbocycles. The van der Waals surface area contributed by atoms with Crippen molar-refractivity contribution in [3.63, 3.8) is 0 Å².